The van der Waals surface area contributed by atoms with Gasteiger partial charge in [-0.3, -0.25) is 9.78 Å². The van der Waals surface area contributed by atoms with Gasteiger partial charge in [0.25, 0.3) is 5.91 Å². The van der Waals surface area contributed by atoms with Crippen molar-refractivity contribution in [2.24, 2.45) is 0 Å². The topological polar surface area (TPSA) is 85.0 Å². The Morgan fingerprint density at radius 2 is 2.08 bits per heavy atom. The van der Waals surface area contributed by atoms with E-state index in [9.17, 15) is 4.79 Å². The Bertz CT molecular complexity index is 896. The normalized spacial score (nSPS) is 17.3. The maximum atomic E-state index is 12.6. The molecule has 1 aliphatic rings. The van der Waals surface area contributed by atoms with Crippen LogP contribution in [-0.4, -0.2) is 44.0 Å². The molecule has 1 aliphatic heterocycles. The fraction of sp³-hybridized carbons (Fsp3) is 0.316. The summed E-state index contributed by atoms with van der Waals surface area (Å²) in [5.41, 5.74) is 3.02. The third-order valence-electron chi connectivity index (χ3n) is 4.67. The maximum Gasteiger partial charge on any atom is 0.292 e. The van der Waals surface area contributed by atoms with E-state index >= 15 is 0 Å². The minimum atomic E-state index is -0.122. The molecule has 0 saturated carbocycles. The molecule has 132 valence electrons. The zero-order valence-electron chi connectivity index (χ0n) is 14.5. The molecule has 4 heterocycles. The number of nitrogens with zero attached hydrogens (tertiary/aromatic N) is 5. The summed E-state index contributed by atoms with van der Waals surface area (Å²) in [6.07, 6.45) is 8.78. The van der Waals surface area contributed by atoms with Crippen molar-refractivity contribution in [3.63, 3.8) is 0 Å². The Kier molecular flexibility index (Phi) is 4.43. The van der Waals surface area contributed by atoms with E-state index < -0.39 is 0 Å². The summed E-state index contributed by atoms with van der Waals surface area (Å²) in [6.45, 7) is 3.21. The Hall–Kier alpha value is -3.09. The molecule has 3 aromatic heterocycles. The molecule has 1 saturated heterocycles. The molecule has 3 aromatic rings. The number of carbonyl (C=O) groups excluding carboxylic acids is 1. The van der Waals surface area contributed by atoms with Gasteiger partial charge in [0, 0.05) is 49.2 Å². The van der Waals surface area contributed by atoms with E-state index in [0.29, 0.717) is 13.1 Å². The van der Waals surface area contributed by atoms with Crippen molar-refractivity contribution in [2.45, 2.75) is 25.7 Å². The van der Waals surface area contributed by atoms with E-state index in [2.05, 4.69) is 15.1 Å². The SMILES string of the molecule is Cc1ncc(-c2ccncc2)c([C@@H]2CCCN(C(=O)c3ccno3)C2)n1. The van der Waals surface area contributed by atoms with Gasteiger partial charge in [-0.2, -0.15) is 0 Å². The van der Waals surface area contributed by atoms with Crippen LogP contribution < -0.4 is 0 Å². The first kappa shape index (κ1) is 16.4. The number of carbonyl (C=O) groups is 1. The van der Waals surface area contributed by atoms with Crippen molar-refractivity contribution in [3.8, 4) is 11.1 Å². The molecule has 0 aromatic carbocycles. The first-order valence-corrected chi connectivity index (χ1v) is 8.66. The number of amides is 1. The lowest BCUT2D eigenvalue weighted by Crippen LogP contribution is -2.39. The van der Waals surface area contributed by atoms with Gasteiger partial charge in [-0.15, -0.1) is 0 Å². The van der Waals surface area contributed by atoms with E-state index in [1.54, 1.807) is 18.5 Å². The molecule has 0 unspecified atom stereocenters. The van der Waals surface area contributed by atoms with Gasteiger partial charge in [0.05, 0.1) is 11.9 Å². The van der Waals surface area contributed by atoms with Crippen molar-refractivity contribution >= 4 is 5.91 Å². The summed E-state index contributed by atoms with van der Waals surface area (Å²) in [6, 6.07) is 5.51. The third kappa shape index (κ3) is 3.20. The number of likely N-dealkylation sites (tertiary alicyclic amines) is 1. The number of piperidine rings is 1. The van der Waals surface area contributed by atoms with Gasteiger partial charge in [-0.05, 0) is 37.5 Å². The first-order valence-electron chi connectivity index (χ1n) is 8.66. The van der Waals surface area contributed by atoms with Crippen LogP contribution in [0.5, 0.6) is 0 Å². The summed E-state index contributed by atoms with van der Waals surface area (Å²) < 4.78 is 5.03. The average molecular weight is 349 g/mol. The van der Waals surface area contributed by atoms with Crippen LogP contribution in [-0.2, 0) is 0 Å². The number of pyridine rings is 1. The van der Waals surface area contributed by atoms with Crippen LogP contribution in [0.1, 0.15) is 40.8 Å². The quantitative estimate of drug-likeness (QED) is 0.723. The van der Waals surface area contributed by atoms with Crippen LogP contribution in [0, 0.1) is 6.92 Å². The number of hydrogen-bond donors (Lipinski definition) is 0. The fourth-order valence-electron chi connectivity index (χ4n) is 3.42. The highest BCUT2D eigenvalue weighted by Gasteiger charge is 2.29. The summed E-state index contributed by atoms with van der Waals surface area (Å²) >= 11 is 0. The molecule has 1 amide bonds. The first-order chi connectivity index (χ1) is 12.7. The van der Waals surface area contributed by atoms with Gasteiger partial charge < -0.3 is 9.42 Å². The van der Waals surface area contributed by atoms with Crippen LogP contribution in [0.2, 0.25) is 0 Å². The highest BCUT2D eigenvalue weighted by molar-refractivity contribution is 5.91. The van der Waals surface area contributed by atoms with E-state index in [0.717, 1.165) is 35.5 Å². The summed E-state index contributed by atoms with van der Waals surface area (Å²) in [5, 5.41) is 3.63. The van der Waals surface area contributed by atoms with Gasteiger partial charge in [0.15, 0.2) is 0 Å². The Balaban J connectivity index is 1.65. The maximum absolute atomic E-state index is 12.6. The van der Waals surface area contributed by atoms with Crippen LogP contribution >= 0.6 is 0 Å². The van der Waals surface area contributed by atoms with Gasteiger partial charge in [-0.25, -0.2) is 9.97 Å². The Labute approximate surface area is 151 Å². The number of aromatic nitrogens is 4. The monoisotopic (exact) mass is 349 g/mol. The van der Waals surface area contributed by atoms with E-state index in [1.165, 1.54) is 6.20 Å². The predicted molar refractivity (Wildman–Crippen MR) is 94.4 cm³/mol. The smallest absolute Gasteiger partial charge is 0.292 e. The molecule has 0 bridgehead atoms. The molecular weight excluding hydrogens is 330 g/mol. The minimum Gasteiger partial charge on any atom is -0.351 e. The lowest BCUT2D eigenvalue weighted by Gasteiger charge is -2.32. The molecule has 26 heavy (non-hydrogen) atoms. The molecule has 0 spiro atoms. The fourth-order valence-corrected chi connectivity index (χ4v) is 3.42. The highest BCUT2D eigenvalue weighted by Crippen LogP contribution is 2.33. The van der Waals surface area contributed by atoms with Crippen molar-refractivity contribution in [2.75, 3.05) is 13.1 Å². The van der Waals surface area contributed by atoms with Gasteiger partial charge in [-0.1, -0.05) is 5.16 Å². The zero-order valence-corrected chi connectivity index (χ0v) is 14.5. The van der Waals surface area contributed by atoms with Crippen molar-refractivity contribution in [1.82, 2.24) is 25.0 Å². The number of hydrogen-bond acceptors (Lipinski definition) is 6. The van der Waals surface area contributed by atoms with E-state index in [1.807, 2.05) is 30.2 Å². The van der Waals surface area contributed by atoms with Crippen LogP contribution in [0.15, 0.2) is 47.5 Å². The molecule has 1 atom stereocenters. The van der Waals surface area contributed by atoms with Crippen molar-refractivity contribution in [3.05, 3.63) is 60.3 Å². The second-order valence-corrected chi connectivity index (χ2v) is 6.42. The summed E-state index contributed by atoms with van der Waals surface area (Å²) in [4.78, 5) is 27.6. The number of rotatable bonds is 3. The summed E-state index contributed by atoms with van der Waals surface area (Å²) in [5.74, 6) is 1.04. The van der Waals surface area contributed by atoms with Gasteiger partial charge in [0.2, 0.25) is 5.76 Å². The molecule has 4 rings (SSSR count). The van der Waals surface area contributed by atoms with Crippen LogP contribution in [0.25, 0.3) is 11.1 Å². The lowest BCUT2D eigenvalue weighted by atomic mass is 9.90. The molecular formula is C19H19N5O2. The van der Waals surface area contributed by atoms with E-state index in [-0.39, 0.29) is 17.6 Å². The average Bonchev–Trinajstić information content (AvgIpc) is 3.23. The minimum absolute atomic E-state index is 0.122. The molecule has 0 aliphatic carbocycles. The van der Waals surface area contributed by atoms with E-state index in [4.69, 9.17) is 9.51 Å². The third-order valence-corrected chi connectivity index (χ3v) is 4.67. The predicted octanol–water partition coefficient (Wildman–Crippen LogP) is 2.85. The van der Waals surface area contributed by atoms with Crippen molar-refractivity contribution in [1.29, 1.82) is 0 Å². The largest absolute Gasteiger partial charge is 0.351 e. The second-order valence-electron chi connectivity index (χ2n) is 6.42. The van der Waals surface area contributed by atoms with Gasteiger partial charge >= 0.3 is 0 Å². The standard InChI is InChI=1S/C19H19N5O2/c1-13-21-11-16(14-4-7-20-8-5-14)18(23-13)15-3-2-10-24(12-15)19(25)17-6-9-22-26-17/h4-9,11,15H,2-3,10,12H2,1H3/t15-/m1/s1. The summed E-state index contributed by atoms with van der Waals surface area (Å²) in [7, 11) is 0. The van der Waals surface area contributed by atoms with Crippen molar-refractivity contribution < 1.29 is 9.32 Å². The van der Waals surface area contributed by atoms with Gasteiger partial charge in [0.1, 0.15) is 5.82 Å². The molecule has 1 fully saturated rings. The van der Waals surface area contributed by atoms with Crippen LogP contribution in [0.4, 0.5) is 0 Å². The van der Waals surface area contributed by atoms with Crippen LogP contribution in [0.3, 0.4) is 0 Å². The second kappa shape index (κ2) is 7.03. The highest BCUT2D eigenvalue weighted by atomic mass is 16.5. The zero-order chi connectivity index (χ0) is 17.9. The lowest BCUT2D eigenvalue weighted by molar-refractivity contribution is 0.0664. The Morgan fingerprint density at radius 3 is 2.85 bits per heavy atom. The molecule has 0 N–H and O–H groups in total. The molecule has 7 heteroatoms. The molecule has 7 nitrogen and oxygen atoms in total. The molecule has 0 radical (unpaired) electrons. The number of aryl methyl sites for hydroxylation is 1. The Morgan fingerprint density at radius 1 is 1.23 bits per heavy atom.